The van der Waals surface area contributed by atoms with Crippen LogP contribution >= 0.6 is 0 Å². The summed E-state index contributed by atoms with van der Waals surface area (Å²) in [6.07, 6.45) is -0.885. The second kappa shape index (κ2) is 8.75. The topological polar surface area (TPSA) is 40.5 Å². The van der Waals surface area contributed by atoms with Gasteiger partial charge >= 0.3 is 0 Å². The van der Waals surface area contributed by atoms with Gasteiger partial charge in [0.15, 0.2) is 0 Å². The minimum absolute atomic E-state index is 0.199. The summed E-state index contributed by atoms with van der Waals surface area (Å²) in [4.78, 5) is 0. The summed E-state index contributed by atoms with van der Waals surface area (Å²) in [6, 6.07) is 42.0. The van der Waals surface area contributed by atoms with Crippen molar-refractivity contribution in [1.29, 1.82) is 0 Å². The first-order chi connectivity index (χ1) is 17.2. The maximum atomic E-state index is 11.9. The average Bonchev–Trinajstić information content (AvgIpc) is 2.93. The van der Waals surface area contributed by atoms with Gasteiger partial charge in [-0.1, -0.05) is 121 Å². The fourth-order valence-corrected chi connectivity index (χ4v) is 5.10. The molecule has 1 atom stereocenters. The number of rotatable bonds is 4. The molecule has 0 aromatic heterocycles. The zero-order chi connectivity index (χ0) is 23.8. The van der Waals surface area contributed by atoms with E-state index in [0.717, 1.165) is 54.9 Å². The molecule has 168 valence electrons. The number of fused-ring (bicyclic) bond motifs is 2. The van der Waals surface area contributed by atoms with Gasteiger partial charge in [-0.3, -0.25) is 0 Å². The molecule has 0 aliphatic heterocycles. The second-order valence-corrected chi connectivity index (χ2v) is 8.79. The minimum Gasteiger partial charge on any atom is -0.507 e. The van der Waals surface area contributed by atoms with Gasteiger partial charge in [0.1, 0.15) is 11.9 Å². The Kier molecular flexibility index (Phi) is 5.29. The molecule has 0 spiro atoms. The highest BCUT2D eigenvalue weighted by molar-refractivity contribution is 6.09. The number of aliphatic hydroxyl groups excluding tert-OH is 1. The first-order valence-corrected chi connectivity index (χ1v) is 11.8. The van der Waals surface area contributed by atoms with Crippen LogP contribution in [0.1, 0.15) is 17.2 Å². The van der Waals surface area contributed by atoms with E-state index in [0.29, 0.717) is 0 Å². The molecule has 0 fully saturated rings. The van der Waals surface area contributed by atoms with Crippen LogP contribution in [0.4, 0.5) is 0 Å². The predicted molar refractivity (Wildman–Crippen MR) is 144 cm³/mol. The normalized spacial score (nSPS) is 12.1. The van der Waals surface area contributed by atoms with E-state index in [2.05, 4.69) is 24.3 Å². The molecular weight excluding hydrogens is 428 g/mol. The van der Waals surface area contributed by atoms with Crippen LogP contribution in [-0.2, 0) is 0 Å². The molecule has 35 heavy (non-hydrogen) atoms. The highest BCUT2D eigenvalue weighted by Crippen LogP contribution is 2.45. The summed E-state index contributed by atoms with van der Waals surface area (Å²) in [7, 11) is 0. The highest BCUT2D eigenvalue weighted by atomic mass is 16.3. The van der Waals surface area contributed by atoms with Crippen LogP contribution in [0.5, 0.6) is 5.75 Å². The Morgan fingerprint density at radius 1 is 0.457 bits per heavy atom. The summed E-state index contributed by atoms with van der Waals surface area (Å²) < 4.78 is 0. The Labute approximate surface area is 204 Å². The number of hydrogen-bond acceptors (Lipinski definition) is 2. The van der Waals surface area contributed by atoms with Gasteiger partial charge < -0.3 is 10.2 Å². The molecule has 2 heteroatoms. The van der Waals surface area contributed by atoms with Crippen LogP contribution in [-0.4, -0.2) is 10.2 Å². The van der Waals surface area contributed by atoms with Gasteiger partial charge in [0, 0.05) is 5.56 Å². The third-order valence-corrected chi connectivity index (χ3v) is 6.75. The molecule has 2 nitrogen and oxygen atoms in total. The highest BCUT2D eigenvalue weighted by Gasteiger charge is 2.23. The molecule has 0 saturated carbocycles. The standard InChI is InChI=1S/C33H24O2/c34-30-21-19-24-13-5-7-16-27(24)32(30)31-26-15-6-4-12-23(26)18-20-29(31)33(35)28-17-9-8-14-25(28)22-10-2-1-3-11-22/h1-21,33-35H/t33-/m1/s1. The molecule has 2 N–H and O–H groups in total. The average molecular weight is 453 g/mol. The molecule has 0 bridgehead atoms. The lowest BCUT2D eigenvalue weighted by atomic mass is 9.84. The molecular formula is C33H24O2. The van der Waals surface area contributed by atoms with Crippen LogP contribution in [0, 0.1) is 0 Å². The van der Waals surface area contributed by atoms with Crippen molar-refractivity contribution in [3.63, 3.8) is 0 Å². The van der Waals surface area contributed by atoms with Gasteiger partial charge in [0.2, 0.25) is 0 Å². The molecule has 6 rings (SSSR count). The molecule has 0 radical (unpaired) electrons. The molecule has 0 saturated heterocycles. The van der Waals surface area contributed by atoms with Gasteiger partial charge in [0.25, 0.3) is 0 Å². The van der Waals surface area contributed by atoms with Crippen molar-refractivity contribution in [1.82, 2.24) is 0 Å². The Morgan fingerprint density at radius 2 is 1.03 bits per heavy atom. The molecule has 6 aromatic carbocycles. The van der Waals surface area contributed by atoms with E-state index in [-0.39, 0.29) is 5.75 Å². The summed E-state index contributed by atoms with van der Waals surface area (Å²) in [6.45, 7) is 0. The van der Waals surface area contributed by atoms with Crippen molar-refractivity contribution in [2.75, 3.05) is 0 Å². The third-order valence-electron chi connectivity index (χ3n) is 6.75. The van der Waals surface area contributed by atoms with Crippen molar-refractivity contribution in [2.24, 2.45) is 0 Å². The summed E-state index contributed by atoms with van der Waals surface area (Å²) in [5, 5.41) is 27.1. The Bertz CT molecular complexity index is 1670. The van der Waals surface area contributed by atoms with Crippen LogP contribution < -0.4 is 0 Å². The Balaban J connectivity index is 1.66. The van der Waals surface area contributed by atoms with Crippen molar-refractivity contribution in [3.05, 3.63) is 139 Å². The number of phenolic OH excluding ortho intramolecular Hbond substituents is 1. The Hall–Kier alpha value is -4.40. The fraction of sp³-hybridized carbons (Fsp3) is 0.0303. The molecule has 6 aromatic rings. The predicted octanol–water partition coefficient (Wildman–Crippen LogP) is 8.11. The largest absolute Gasteiger partial charge is 0.507 e. The second-order valence-electron chi connectivity index (χ2n) is 8.79. The van der Waals surface area contributed by atoms with E-state index < -0.39 is 6.10 Å². The maximum Gasteiger partial charge on any atom is 0.124 e. The van der Waals surface area contributed by atoms with Gasteiger partial charge in [-0.05, 0) is 55.4 Å². The maximum absolute atomic E-state index is 11.9. The first kappa shape index (κ1) is 21.2. The van der Waals surface area contributed by atoms with E-state index in [1.165, 1.54) is 0 Å². The smallest absolute Gasteiger partial charge is 0.124 e. The van der Waals surface area contributed by atoms with E-state index in [9.17, 15) is 10.2 Å². The SMILES string of the molecule is Oc1ccc2ccccc2c1-c1c([C@H](O)c2ccccc2-c2ccccc2)ccc2ccccc12. The monoisotopic (exact) mass is 452 g/mol. The summed E-state index contributed by atoms with van der Waals surface area (Å²) in [5.74, 6) is 0.199. The van der Waals surface area contributed by atoms with E-state index in [4.69, 9.17) is 0 Å². The zero-order valence-corrected chi connectivity index (χ0v) is 19.1. The fourth-order valence-electron chi connectivity index (χ4n) is 5.10. The van der Waals surface area contributed by atoms with Gasteiger partial charge in [-0.25, -0.2) is 0 Å². The molecule has 0 aliphatic rings. The lowest BCUT2D eigenvalue weighted by Crippen LogP contribution is -2.05. The van der Waals surface area contributed by atoms with E-state index in [1.54, 1.807) is 6.07 Å². The van der Waals surface area contributed by atoms with Crippen LogP contribution in [0.15, 0.2) is 127 Å². The minimum atomic E-state index is -0.885. The Morgan fingerprint density at radius 3 is 1.77 bits per heavy atom. The zero-order valence-electron chi connectivity index (χ0n) is 19.1. The number of hydrogen-bond donors (Lipinski definition) is 2. The van der Waals surface area contributed by atoms with Crippen LogP contribution in [0.3, 0.4) is 0 Å². The number of phenols is 1. The van der Waals surface area contributed by atoms with E-state index in [1.807, 2.05) is 97.1 Å². The molecule has 0 amide bonds. The number of aliphatic hydroxyl groups is 1. The number of aromatic hydroxyl groups is 1. The van der Waals surface area contributed by atoms with Gasteiger partial charge in [-0.2, -0.15) is 0 Å². The van der Waals surface area contributed by atoms with Crippen LogP contribution in [0.25, 0.3) is 43.8 Å². The van der Waals surface area contributed by atoms with Crippen molar-refractivity contribution >= 4 is 21.5 Å². The molecule has 0 aliphatic carbocycles. The van der Waals surface area contributed by atoms with Gasteiger partial charge in [-0.15, -0.1) is 0 Å². The first-order valence-electron chi connectivity index (χ1n) is 11.8. The lowest BCUT2D eigenvalue weighted by Gasteiger charge is -2.22. The van der Waals surface area contributed by atoms with Gasteiger partial charge in [0.05, 0.1) is 0 Å². The summed E-state index contributed by atoms with van der Waals surface area (Å²) >= 11 is 0. The molecule has 0 heterocycles. The third kappa shape index (κ3) is 3.65. The van der Waals surface area contributed by atoms with E-state index >= 15 is 0 Å². The van der Waals surface area contributed by atoms with Crippen molar-refractivity contribution in [3.8, 4) is 28.0 Å². The van der Waals surface area contributed by atoms with Crippen LogP contribution in [0.2, 0.25) is 0 Å². The van der Waals surface area contributed by atoms with Crippen molar-refractivity contribution < 1.29 is 10.2 Å². The lowest BCUT2D eigenvalue weighted by molar-refractivity contribution is 0.221. The number of benzene rings is 6. The molecule has 0 unspecified atom stereocenters. The summed E-state index contributed by atoms with van der Waals surface area (Å²) in [5.41, 5.74) is 5.23. The van der Waals surface area contributed by atoms with Crippen molar-refractivity contribution in [2.45, 2.75) is 6.10 Å². The quantitative estimate of drug-likeness (QED) is 0.284.